The number of carbonyl (C=O) groups is 2. The molecule has 2 aliphatic heterocycles. The summed E-state index contributed by atoms with van der Waals surface area (Å²) >= 11 is 5.56. The summed E-state index contributed by atoms with van der Waals surface area (Å²) in [6.45, 7) is 5.38. The van der Waals surface area contributed by atoms with Gasteiger partial charge in [0.15, 0.2) is 16.6 Å². The normalized spacial score (nSPS) is 17.1. The number of hydrogen-bond donors (Lipinski definition) is 1. The third-order valence-electron chi connectivity index (χ3n) is 5.34. The van der Waals surface area contributed by atoms with Crippen molar-refractivity contribution in [2.24, 2.45) is 0 Å². The van der Waals surface area contributed by atoms with Gasteiger partial charge in [-0.3, -0.25) is 14.5 Å². The quantitative estimate of drug-likeness (QED) is 0.613. The molecule has 0 bridgehead atoms. The van der Waals surface area contributed by atoms with Crippen LogP contribution in [0.25, 0.3) is 0 Å². The van der Waals surface area contributed by atoms with Gasteiger partial charge in [0, 0.05) is 18.8 Å². The summed E-state index contributed by atoms with van der Waals surface area (Å²) in [5.74, 6) is 1.66. The van der Waals surface area contributed by atoms with Gasteiger partial charge in [-0.25, -0.2) is 0 Å². The highest BCUT2D eigenvalue weighted by Crippen LogP contribution is 2.34. The molecule has 0 aromatic heterocycles. The van der Waals surface area contributed by atoms with E-state index in [0.29, 0.717) is 42.0 Å². The number of ether oxygens (including phenoxy) is 3. The van der Waals surface area contributed by atoms with Gasteiger partial charge in [-0.05, 0) is 68.0 Å². The maximum atomic E-state index is 13.0. The molecule has 0 aliphatic carbocycles. The molecule has 1 fully saturated rings. The predicted molar refractivity (Wildman–Crippen MR) is 123 cm³/mol. The number of amides is 2. The molecule has 0 saturated carbocycles. The van der Waals surface area contributed by atoms with Gasteiger partial charge >= 0.3 is 0 Å². The Balaban J connectivity index is 1.47. The molecular weight excluding hydrogens is 430 g/mol. The molecule has 8 nitrogen and oxygen atoms in total. The van der Waals surface area contributed by atoms with Crippen molar-refractivity contribution in [2.75, 3.05) is 25.3 Å². The fraction of sp³-hybridized carbons (Fsp3) is 0.348. The molecule has 2 aromatic carbocycles. The van der Waals surface area contributed by atoms with Gasteiger partial charge in [0.05, 0.1) is 13.0 Å². The van der Waals surface area contributed by atoms with E-state index >= 15 is 0 Å². The van der Waals surface area contributed by atoms with Gasteiger partial charge in [-0.1, -0.05) is 6.07 Å². The minimum Gasteiger partial charge on any atom is -0.494 e. The number of carbonyl (C=O) groups excluding carboxylic acids is 2. The fourth-order valence-electron chi connectivity index (χ4n) is 3.79. The van der Waals surface area contributed by atoms with Crippen LogP contribution in [-0.2, 0) is 16.1 Å². The number of likely N-dealkylation sites (N-methyl/N-ethyl adjacent to an activating group) is 1. The van der Waals surface area contributed by atoms with Crippen LogP contribution in [0.2, 0.25) is 0 Å². The monoisotopic (exact) mass is 455 g/mol. The molecule has 4 rings (SSSR count). The number of thiocarbonyl (C=S) groups is 1. The molecule has 1 unspecified atom stereocenters. The summed E-state index contributed by atoms with van der Waals surface area (Å²) in [6.07, 6.45) is -0.00671. The Labute approximate surface area is 192 Å². The van der Waals surface area contributed by atoms with E-state index in [2.05, 4.69) is 5.32 Å². The molecule has 1 saturated heterocycles. The summed E-state index contributed by atoms with van der Waals surface area (Å²) in [5, 5.41) is 3.28. The Morgan fingerprint density at radius 3 is 2.62 bits per heavy atom. The number of fused-ring (bicyclic) bond motifs is 1. The highest BCUT2D eigenvalue weighted by Gasteiger charge is 2.42. The van der Waals surface area contributed by atoms with E-state index in [9.17, 15) is 9.59 Å². The Hall–Kier alpha value is -3.33. The minimum atomic E-state index is -0.671. The Morgan fingerprint density at radius 2 is 1.91 bits per heavy atom. The second kappa shape index (κ2) is 9.44. The summed E-state index contributed by atoms with van der Waals surface area (Å²) in [6, 6.07) is 12.1. The number of anilines is 1. The van der Waals surface area contributed by atoms with Crippen LogP contribution in [0, 0.1) is 0 Å². The van der Waals surface area contributed by atoms with Crippen molar-refractivity contribution < 1.29 is 23.8 Å². The minimum absolute atomic E-state index is 0.00671. The van der Waals surface area contributed by atoms with E-state index < -0.39 is 6.04 Å². The molecule has 2 heterocycles. The van der Waals surface area contributed by atoms with Gasteiger partial charge in [0.2, 0.25) is 12.7 Å². The lowest BCUT2D eigenvalue weighted by molar-refractivity contribution is -0.130. The Bertz CT molecular complexity index is 1030. The topological polar surface area (TPSA) is 80.3 Å². The molecule has 1 N–H and O–H groups in total. The maximum Gasteiger partial charge on any atom is 0.252 e. The molecule has 0 spiro atoms. The van der Waals surface area contributed by atoms with Gasteiger partial charge in [-0.15, -0.1) is 0 Å². The number of rotatable bonds is 8. The summed E-state index contributed by atoms with van der Waals surface area (Å²) in [7, 11) is 0. The molecule has 2 amide bonds. The lowest BCUT2D eigenvalue weighted by Gasteiger charge is -2.24. The highest BCUT2D eigenvalue weighted by molar-refractivity contribution is 7.80. The molecule has 2 aromatic rings. The van der Waals surface area contributed by atoms with Crippen molar-refractivity contribution in [3.05, 3.63) is 48.0 Å². The summed E-state index contributed by atoms with van der Waals surface area (Å²) in [5.41, 5.74) is 1.56. The number of nitrogens with zero attached hydrogens (tertiary/aromatic N) is 2. The van der Waals surface area contributed by atoms with E-state index in [1.807, 2.05) is 32.0 Å². The highest BCUT2D eigenvalue weighted by atomic mass is 32.1. The average molecular weight is 456 g/mol. The molecule has 0 radical (unpaired) electrons. The Morgan fingerprint density at radius 1 is 1.16 bits per heavy atom. The van der Waals surface area contributed by atoms with Crippen LogP contribution < -0.4 is 19.5 Å². The first-order valence-electron chi connectivity index (χ1n) is 10.5. The van der Waals surface area contributed by atoms with E-state index in [0.717, 1.165) is 11.3 Å². The number of hydrogen-bond acceptors (Lipinski definition) is 6. The van der Waals surface area contributed by atoms with Crippen molar-refractivity contribution in [2.45, 2.75) is 32.9 Å². The lowest BCUT2D eigenvalue weighted by atomic mass is 10.1. The van der Waals surface area contributed by atoms with Crippen molar-refractivity contribution in [3.8, 4) is 17.2 Å². The van der Waals surface area contributed by atoms with Crippen LogP contribution >= 0.6 is 12.2 Å². The van der Waals surface area contributed by atoms with Gasteiger partial charge in [0.25, 0.3) is 5.91 Å². The van der Waals surface area contributed by atoms with Crippen LogP contribution in [0.3, 0.4) is 0 Å². The van der Waals surface area contributed by atoms with Crippen molar-refractivity contribution >= 4 is 34.8 Å². The smallest absolute Gasteiger partial charge is 0.252 e. The van der Waals surface area contributed by atoms with Gasteiger partial charge in [-0.2, -0.15) is 0 Å². The zero-order valence-corrected chi connectivity index (χ0v) is 18.8. The van der Waals surface area contributed by atoms with Crippen LogP contribution in [-0.4, -0.2) is 52.7 Å². The van der Waals surface area contributed by atoms with E-state index in [1.54, 1.807) is 29.2 Å². The number of nitrogens with one attached hydrogen (secondary N) is 1. The van der Waals surface area contributed by atoms with Crippen LogP contribution in [0.1, 0.15) is 25.8 Å². The zero-order chi connectivity index (χ0) is 22.7. The van der Waals surface area contributed by atoms with Gasteiger partial charge in [0.1, 0.15) is 11.8 Å². The molecular formula is C23H25N3O5S. The molecule has 32 heavy (non-hydrogen) atoms. The predicted octanol–water partition coefficient (Wildman–Crippen LogP) is 3.16. The van der Waals surface area contributed by atoms with Crippen molar-refractivity contribution in [1.29, 1.82) is 0 Å². The average Bonchev–Trinajstić information content (AvgIpc) is 3.33. The second-order valence-electron chi connectivity index (χ2n) is 7.41. The third kappa shape index (κ3) is 4.47. The number of benzene rings is 2. The van der Waals surface area contributed by atoms with Crippen molar-refractivity contribution in [1.82, 2.24) is 9.80 Å². The van der Waals surface area contributed by atoms with E-state index in [4.69, 9.17) is 26.4 Å². The standard InChI is InChI=1S/C23H25N3O5S/c1-3-25-22(28)18(12-21(27)24-16-6-8-17(9-7-16)29-4-2)26(23(25)32)13-15-5-10-19-20(11-15)31-14-30-19/h5-11,18H,3-4,12-14H2,1-2H3,(H,24,27). The Kier molecular flexibility index (Phi) is 6.45. The summed E-state index contributed by atoms with van der Waals surface area (Å²) < 4.78 is 16.2. The maximum absolute atomic E-state index is 13.0. The largest absolute Gasteiger partial charge is 0.494 e. The first-order valence-corrected chi connectivity index (χ1v) is 10.9. The zero-order valence-electron chi connectivity index (χ0n) is 18.0. The SMILES string of the molecule is CCOc1ccc(NC(=O)CC2C(=O)N(CC)C(=S)N2Cc2ccc3c(c2)OCO3)cc1. The van der Waals surface area contributed by atoms with Crippen molar-refractivity contribution in [3.63, 3.8) is 0 Å². The lowest BCUT2D eigenvalue weighted by Crippen LogP contribution is -2.37. The first-order chi connectivity index (χ1) is 15.5. The van der Waals surface area contributed by atoms with Gasteiger partial charge < -0.3 is 24.4 Å². The van der Waals surface area contributed by atoms with E-state index in [-0.39, 0.29) is 25.0 Å². The molecule has 168 valence electrons. The summed E-state index contributed by atoms with van der Waals surface area (Å²) in [4.78, 5) is 29.1. The van der Waals surface area contributed by atoms with Crippen LogP contribution in [0.4, 0.5) is 5.69 Å². The first kappa shape index (κ1) is 21.9. The molecule has 1 atom stereocenters. The molecule has 9 heteroatoms. The molecule has 2 aliphatic rings. The van der Waals surface area contributed by atoms with E-state index in [1.165, 1.54) is 4.90 Å². The second-order valence-corrected chi connectivity index (χ2v) is 7.77. The fourth-order valence-corrected chi connectivity index (χ4v) is 4.20. The van der Waals surface area contributed by atoms with Crippen LogP contribution in [0.15, 0.2) is 42.5 Å². The van der Waals surface area contributed by atoms with Crippen LogP contribution in [0.5, 0.6) is 17.2 Å². The third-order valence-corrected chi connectivity index (χ3v) is 5.79.